The van der Waals surface area contributed by atoms with Gasteiger partial charge in [-0.05, 0) is 0 Å². The molecule has 0 radical (unpaired) electrons. The standard InChI is InChI=1S/2C20H15.C8H17Cl6Si3.2ClH.Zr/c2*1-14-12-16-8-5-11-19(20(16)13-14)18-10-4-7-15-6-2-3-9-17(15)18;9-16(10,11)7-3-1-5-15-6-2-4-8-17(12,13)14;;;/h2*2-13H,1H3;15H,1-8H2;2*1H;/q;;;;;+2/p-2. The van der Waals surface area contributed by atoms with Crippen LogP contribution in [0.25, 0.3) is 56.0 Å². The van der Waals surface area contributed by atoms with E-state index in [1.807, 2.05) is 0 Å². The predicted octanol–water partition coefficient (Wildman–Crippen LogP) is 18.5. The van der Waals surface area contributed by atoms with Crippen LogP contribution in [0.5, 0.6) is 0 Å². The summed E-state index contributed by atoms with van der Waals surface area (Å²) in [5.74, 6) is -2.08. The zero-order valence-electron chi connectivity index (χ0n) is 33.6. The molecule has 0 fully saturated rings. The monoisotopic (exact) mass is 1080 g/mol. The van der Waals surface area contributed by atoms with Gasteiger partial charge in [-0.3, -0.25) is 0 Å². The van der Waals surface area contributed by atoms with E-state index in [1.54, 1.807) is 0 Å². The van der Waals surface area contributed by atoms with E-state index in [9.17, 15) is 0 Å². The van der Waals surface area contributed by atoms with E-state index in [-0.39, 0.29) is 7.25 Å². The fourth-order valence-electron chi connectivity index (χ4n) is 10.7. The summed E-state index contributed by atoms with van der Waals surface area (Å²) in [7, 11) is 18.3. The van der Waals surface area contributed by atoms with Gasteiger partial charge in [-0.15, -0.1) is 0 Å². The molecular weight excluding hydrogens is 1040 g/mol. The van der Waals surface area contributed by atoms with Gasteiger partial charge in [-0.25, -0.2) is 0 Å². The normalized spacial score (nSPS) is 17.4. The van der Waals surface area contributed by atoms with Gasteiger partial charge in [0.25, 0.3) is 0 Å². The second-order valence-electron chi connectivity index (χ2n) is 17.0. The molecule has 0 spiro atoms. The van der Waals surface area contributed by atoms with Crippen LogP contribution in [-0.2, 0) is 15.6 Å². The maximum atomic E-state index is 9.16. The Labute approximate surface area is 394 Å². The molecule has 0 aliphatic heterocycles. The van der Waals surface area contributed by atoms with Crippen molar-refractivity contribution < 1.29 is 15.6 Å². The van der Waals surface area contributed by atoms with Crippen LogP contribution in [0.1, 0.15) is 69.0 Å². The average Bonchev–Trinajstić information content (AvgIpc) is 3.75. The number of hydrogen-bond donors (Lipinski definition) is 0. The van der Waals surface area contributed by atoms with Crippen molar-refractivity contribution in [2.24, 2.45) is 0 Å². The summed E-state index contributed by atoms with van der Waals surface area (Å²) >= 11 is 33.5. The second-order valence-corrected chi connectivity index (χ2v) is 75.8. The summed E-state index contributed by atoms with van der Waals surface area (Å²) in [6.07, 6.45) is 8.36. The Morgan fingerprint density at radius 1 is 0.467 bits per heavy atom. The molecule has 6 aromatic carbocycles. The van der Waals surface area contributed by atoms with Crippen LogP contribution in [0.3, 0.4) is 0 Å². The van der Waals surface area contributed by atoms with E-state index in [2.05, 4.69) is 147 Å². The molecule has 0 amide bonds. The summed E-state index contributed by atoms with van der Waals surface area (Å²) in [6, 6.07) is 41.6. The molecule has 2 unspecified atom stereocenters. The van der Waals surface area contributed by atoms with E-state index in [0.29, 0.717) is 12.1 Å². The zero-order valence-corrected chi connectivity index (χ0v) is 45.3. The first-order chi connectivity index (χ1) is 28.5. The Morgan fingerprint density at radius 3 is 1.25 bits per heavy atom. The minimum absolute atomic E-state index is 0.0815. The van der Waals surface area contributed by atoms with Gasteiger partial charge in [0.2, 0.25) is 0 Å². The molecule has 0 nitrogen and oxygen atoms in total. The van der Waals surface area contributed by atoms with Crippen LogP contribution in [-0.4, -0.2) is 17.9 Å². The molecule has 60 heavy (non-hydrogen) atoms. The van der Waals surface area contributed by atoms with Crippen molar-refractivity contribution in [1.29, 1.82) is 0 Å². The summed E-state index contributed by atoms with van der Waals surface area (Å²) < 4.78 is -0.163. The molecule has 2 aliphatic carbocycles. The molecular formula is C48H47Cl8Si3Zr. The number of unbranched alkanes of at least 4 members (excludes halogenated alkanes) is 2. The van der Waals surface area contributed by atoms with Gasteiger partial charge in [0.15, 0.2) is 0 Å². The fraction of sp³-hybridized carbons (Fsp3) is 0.250. The second kappa shape index (κ2) is 18.2. The first-order valence-electron chi connectivity index (χ1n) is 20.8. The third kappa shape index (κ3) is 9.05. The van der Waals surface area contributed by atoms with E-state index < -0.39 is 33.5 Å². The van der Waals surface area contributed by atoms with Crippen molar-refractivity contribution >= 4 is 135 Å². The molecule has 0 N–H and O–H groups in total. The first kappa shape index (κ1) is 45.7. The molecule has 2 aliphatic rings. The molecule has 0 bridgehead atoms. The van der Waals surface area contributed by atoms with Crippen LogP contribution in [0.15, 0.2) is 132 Å². The van der Waals surface area contributed by atoms with Gasteiger partial charge in [0, 0.05) is 0 Å². The van der Waals surface area contributed by atoms with Gasteiger partial charge in [-0.2, -0.15) is 0 Å². The van der Waals surface area contributed by atoms with Crippen molar-refractivity contribution in [1.82, 2.24) is 0 Å². The SMILES string of the molecule is CC1=Cc2c(-c3cccc4ccccc34)cccc2[CH]1[Zr]([Cl])([Cl])([CH]1C(C)=Cc2c(-c3cccc4ccccc34)cccc21)[SiH](CCCC[Si](Cl)(Cl)Cl)CCCC[Si](Cl)(Cl)Cl. The van der Waals surface area contributed by atoms with Gasteiger partial charge in [0.1, 0.15) is 0 Å². The Balaban J connectivity index is 1.33. The molecule has 2 atom stereocenters. The number of rotatable bonds is 15. The zero-order chi connectivity index (χ0) is 42.5. The summed E-state index contributed by atoms with van der Waals surface area (Å²) in [5.41, 5.74) is 12.4. The minimum atomic E-state index is -5.34. The first-order valence-corrected chi connectivity index (χ1v) is 47.0. The molecule has 12 heteroatoms. The number of halogens is 8. The number of hydrogen-bond acceptors (Lipinski definition) is 0. The summed E-state index contributed by atoms with van der Waals surface area (Å²) in [6.45, 7) is 4.57. The molecule has 0 aromatic heterocycles. The number of allylic oxidation sites excluding steroid dienone is 2. The Morgan fingerprint density at radius 2 is 0.833 bits per heavy atom. The van der Waals surface area contributed by atoms with Gasteiger partial charge in [0.05, 0.1) is 0 Å². The van der Waals surface area contributed by atoms with Gasteiger partial charge in [-0.1, -0.05) is 0 Å². The fourth-order valence-corrected chi connectivity index (χ4v) is 65.9. The molecule has 311 valence electrons. The van der Waals surface area contributed by atoms with Crippen LogP contribution in [0.4, 0.5) is 0 Å². The third-order valence-electron chi connectivity index (χ3n) is 13.1. The maximum absolute atomic E-state index is 9.16. The van der Waals surface area contributed by atoms with E-state index in [1.165, 1.54) is 77.2 Å². The van der Waals surface area contributed by atoms with Crippen molar-refractivity contribution in [3.63, 3.8) is 0 Å². The quantitative estimate of drug-likeness (QED) is 0.0546. The third-order valence-corrected chi connectivity index (χ3v) is 67.2. The Hall–Kier alpha value is -0.826. The van der Waals surface area contributed by atoms with Gasteiger partial charge >= 0.3 is 399 Å². The van der Waals surface area contributed by atoms with E-state index in [0.717, 1.165) is 37.8 Å². The van der Waals surface area contributed by atoms with Crippen molar-refractivity contribution in [3.05, 3.63) is 155 Å². The van der Waals surface area contributed by atoms with Crippen LogP contribution >= 0.6 is 83.5 Å². The van der Waals surface area contributed by atoms with Crippen LogP contribution in [0, 0.1) is 0 Å². The van der Waals surface area contributed by atoms with Crippen LogP contribution < -0.4 is 0 Å². The molecule has 0 saturated heterocycles. The van der Waals surface area contributed by atoms with E-state index in [4.69, 9.17) is 83.5 Å². The van der Waals surface area contributed by atoms with E-state index >= 15 is 0 Å². The molecule has 0 saturated carbocycles. The van der Waals surface area contributed by atoms with Crippen molar-refractivity contribution in [2.45, 2.75) is 71.0 Å². The van der Waals surface area contributed by atoms with Crippen LogP contribution in [0.2, 0.25) is 24.2 Å². The summed E-state index contributed by atoms with van der Waals surface area (Å²) in [4.78, 5) is 0. The van der Waals surface area contributed by atoms with Gasteiger partial charge < -0.3 is 0 Å². The number of benzene rings is 6. The van der Waals surface area contributed by atoms with Crippen molar-refractivity contribution in [3.8, 4) is 22.3 Å². The molecule has 6 aromatic rings. The molecule has 8 rings (SSSR count). The number of fused-ring (bicyclic) bond motifs is 4. The Bertz CT molecular complexity index is 2460. The topological polar surface area (TPSA) is 0 Å². The molecule has 0 heterocycles. The summed E-state index contributed by atoms with van der Waals surface area (Å²) in [5, 5.41) is 4.90. The average molecular weight is 1080 g/mol. The van der Waals surface area contributed by atoms with Crippen molar-refractivity contribution in [2.75, 3.05) is 0 Å². The Kier molecular flexibility index (Phi) is 13.9. The predicted molar refractivity (Wildman–Crippen MR) is 275 cm³/mol.